The van der Waals surface area contributed by atoms with Crippen LogP contribution in [-0.2, 0) is 20.9 Å². The van der Waals surface area contributed by atoms with E-state index in [1.165, 1.54) is 17.1 Å². The fraction of sp³-hybridized carbons (Fsp3) is 0.154. The molecule has 0 saturated carbocycles. The number of nitrogens with two attached hydrogens (primary N) is 1. The van der Waals surface area contributed by atoms with E-state index in [4.69, 9.17) is 17.3 Å². The highest BCUT2D eigenvalue weighted by Crippen LogP contribution is 2.19. The van der Waals surface area contributed by atoms with Crippen LogP contribution in [0.1, 0.15) is 5.56 Å². The molecule has 0 bridgehead atoms. The number of halogens is 4. The zero-order valence-corrected chi connectivity index (χ0v) is 13.5. The average molecular weight is 391 g/mol. The molecule has 0 aliphatic rings. The Morgan fingerprint density at radius 1 is 1.38 bits per heavy atom. The number of amides is 1. The fourth-order valence-electron chi connectivity index (χ4n) is 1.71. The number of alkyl halides is 3. The Labute approximate surface area is 148 Å². The summed E-state index contributed by atoms with van der Waals surface area (Å²) in [4.78, 5) is 22.4. The summed E-state index contributed by atoms with van der Waals surface area (Å²) in [6.45, 7) is -0.101. The number of hydrogen-bond acceptors (Lipinski definition) is 7. The number of rotatable bonds is 5. The van der Waals surface area contributed by atoms with Crippen molar-refractivity contribution < 1.29 is 27.5 Å². The van der Waals surface area contributed by atoms with Gasteiger partial charge < -0.3 is 15.8 Å². The van der Waals surface area contributed by atoms with E-state index >= 15 is 0 Å². The molecule has 1 aromatic heterocycles. The standard InChI is InChI=1S/C13H10ClF3N6O3/c14-8-1-2-10(23-6-20-21-22-23)7(3-8)4-19-11(24)9(18)5-26-12(25)13(15,16)17/h1-3,5-6H,4,18H2,(H,19,24)/b9-5-. The van der Waals surface area contributed by atoms with Gasteiger partial charge in [-0.3, -0.25) is 4.79 Å². The van der Waals surface area contributed by atoms with E-state index in [0.29, 0.717) is 16.3 Å². The van der Waals surface area contributed by atoms with Gasteiger partial charge in [0.2, 0.25) is 0 Å². The molecule has 0 spiro atoms. The quantitative estimate of drug-likeness (QED) is 0.440. The van der Waals surface area contributed by atoms with Crippen molar-refractivity contribution in [2.24, 2.45) is 5.73 Å². The van der Waals surface area contributed by atoms with Crippen LogP contribution >= 0.6 is 11.6 Å². The van der Waals surface area contributed by atoms with Crippen LogP contribution in [0.4, 0.5) is 13.2 Å². The van der Waals surface area contributed by atoms with Gasteiger partial charge in [-0.25, -0.2) is 9.48 Å². The normalized spacial score (nSPS) is 11.9. The maximum absolute atomic E-state index is 12.0. The molecule has 0 fully saturated rings. The Morgan fingerprint density at radius 3 is 2.73 bits per heavy atom. The Kier molecular flexibility index (Phi) is 5.77. The molecule has 1 aromatic carbocycles. The van der Waals surface area contributed by atoms with Gasteiger partial charge in [0.15, 0.2) is 0 Å². The van der Waals surface area contributed by atoms with E-state index in [0.717, 1.165) is 0 Å². The highest BCUT2D eigenvalue weighted by atomic mass is 35.5. The number of nitrogens with one attached hydrogen (secondary N) is 1. The molecule has 0 atom stereocenters. The van der Waals surface area contributed by atoms with Crippen molar-refractivity contribution in [2.75, 3.05) is 0 Å². The lowest BCUT2D eigenvalue weighted by Gasteiger charge is -2.11. The van der Waals surface area contributed by atoms with Crippen molar-refractivity contribution >= 4 is 23.5 Å². The topological polar surface area (TPSA) is 125 Å². The molecule has 3 N–H and O–H groups in total. The smallest absolute Gasteiger partial charge is 0.425 e. The van der Waals surface area contributed by atoms with Crippen molar-refractivity contribution in [3.8, 4) is 5.69 Å². The zero-order chi connectivity index (χ0) is 19.3. The van der Waals surface area contributed by atoms with E-state index < -0.39 is 23.7 Å². The van der Waals surface area contributed by atoms with Crippen molar-refractivity contribution in [3.05, 3.63) is 47.1 Å². The fourth-order valence-corrected chi connectivity index (χ4v) is 1.90. The van der Waals surface area contributed by atoms with E-state index in [-0.39, 0.29) is 12.8 Å². The molecule has 1 heterocycles. The third-order valence-electron chi connectivity index (χ3n) is 2.86. The lowest BCUT2D eigenvalue weighted by Crippen LogP contribution is -2.30. The Morgan fingerprint density at radius 2 is 2.12 bits per heavy atom. The Balaban J connectivity index is 2.05. The largest absolute Gasteiger partial charge is 0.491 e. The van der Waals surface area contributed by atoms with Crippen molar-refractivity contribution in [1.29, 1.82) is 0 Å². The molecule has 0 saturated heterocycles. The highest BCUT2D eigenvalue weighted by molar-refractivity contribution is 6.30. The monoisotopic (exact) mass is 390 g/mol. The second kappa shape index (κ2) is 7.82. The molecule has 0 aliphatic heterocycles. The molecule has 0 radical (unpaired) electrons. The SMILES string of the molecule is N/C(=C\OC(=O)C(F)(F)F)C(=O)NCc1cc(Cl)ccc1-n1cnnn1. The van der Waals surface area contributed by atoms with Crippen LogP contribution in [0.5, 0.6) is 0 Å². The molecule has 1 amide bonds. The molecule has 26 heavy (non-hydrogen) atoms. The first-order valence-electron chi connectivity index (χ1n) is 6.72. The lowest BCUT2D eigenvalue weighted by atomic mass is 10.1. The number of carbonyl (C=O) groups excluding carboxylic acids is 2. The van der Waals surface area contributed by atoms with Crippen LogP contribution in [0.25, 0.3) is 5.69 Å². The molecule has 2 rings (SSSR count). The van der Waals surface area contributed by atoms with Crippen molar-refractivity contribution in [1.82, 2.24) is 25.5 Å². The number of hydrogen-bond donors (Lipinski definition) is 2. The predicted molar refractivity (Wildman–Crippen MR) is 80.4 cm³/mol. The number of nitrogens with zero attached hydrogens (tertiary/aromatic N) is 4. The average Bonchev–Trinajstić information content (AvgIpc) is 3.10. The maximum atomic E-state index is 12.0. The second-order valence-electron chi connectivity index (χ2n) is 4.69. The van der Waals surface area contributed by atoms with Gasteiger partial charge in [0, 0.05) is 11.6 Å². The first kappa shape index (κ1) is 19.2. The summed E-state index contributed by atoms with van der Waals surface area (Å²) >= 11 is 5.91. The summed E-state index contributed by atoms with van der Waals surface area (Å²) in [6.07, 6.45) is -3.67. The van der Waals surface area contributed by atoms with Gasteiger partial charge in [-0.2, -0.15) is 13.2 Å². The summed E-state index contributed by atoms with van der Waals surface area (Å²) in [7, 11) is 0. The molecule has 13 heteroatoms. The van der Waals surface area contributed by atoms with Crippen LogP contribution in [0.15, 0.2) is 36.5 Å². The molecule has 138 valence electrons. The first-order valence-corrected chi connectivity index (χ1v) is 7.09. The Bertz CT molecular complexity index is 838. The van der Waals surface area contributed by atoms with E-state index in [9.17, 15) is 22.8 Å². The minimum absolute atomic E-state index is 0.101. The van der Waals surface area contributed by atoms with Crippen LogP contribution in [-0.4, -0.2) is 38.3 Å². The molecule has 0 aliphatic carbocycles. The minimum Gasteiger partial charge on any atom is -0.425 e. The third-order valence-corrected chi connectivity index (χ3v) is 3.10. The zero-order valence-electron chi connectivity index (χ0n) is 12.7. The van der Waals surface area contributed by atoms with Gasteiger partial charge in [-0.05, 0) is 34.2 Å². The minimum atomic E-state index is -5.20. The second-order valence-corrected chi connectivity index (χ2v) is 5.12. The summed E-state index contributed by atoms with van der Waals surface area (Å²) in [5.74, 6) is -3.45. The van der Waals surface area contributed by atoms with E-state index in [1.54, 1.807) is 12.1 Å². The van der Waals surface area contributed by atoms with Crippen LogP contribution in [0.3, 0.4) is 0 Å². The molecule has 0 unspecified atom stereocenters. The highest BCUT2D eigenvalue weighted by Gasteiger charge is 2.40. The number of carbonyl (C=O) groups is 2. The Hall–Kier alpha value is -3.15. The molecular formula is C13H10ClF3N6O3. The number of tetrazole rings is 1. The molecular weight excluding hydrogens is 381 g/mol. The summed E-state index contributed by atoms with van der Waals surface area (Å²) in [5.41, 5.74) is 5.55. The number of aromatic nitrogens is 4. The van der Waals surface area contributed by atoms with Gasteiger partial charge in [-0.1, -0.05) is 11.6 Å². The predicted octanol–water partition coefficient (Wildman–Crippen LogP) is 0.837. The third kappa shape index (κ3) is 4.92. The van der Waals surface area contributed by atoms with Gasteiger partial charge in [0.1, 0.15) is 18.3 Å². The lowest BCUT2D eigenvalue weighted by molar-refractivity contribution is -0.193. The van der Waals surface area contributed by atoms with Crippen LogP contribution in [0.2, 0.25) is 5.02 Å². The van der Waals surface area contributed by atoms with Gasteiger partial charge in [-0.15, -0.1) is 5.10 Å². The number of esters is 1. The molecule has 9 nitrogen and oxygen atoms in total. The number of benzene rings is 1. The van der Waals surface area contributed by atoms with Crippen LogP contribution < -0.4 is 11.1 Å². The van der Waals surface area contributed by atoms with E-state index in [2.05, 4.69) is 25.6 Å². The van der Waals surface area contributed by atoms with Crippen molar-refractivity contribution in [3.63, 3.8) is 0 Å². The van der Waals surface area contributed by atoms with Gasteiger partial charge in [0.05, 0.1) is 5.69 Å². The van der Waals surface area contributed by atoms with E-state index in [1.807, 2.05) is 0 Å². The number of ether oxygens (including phenoxy) is 1. The summed E-state index contributed by atoms with van der Waals surface area (Å²) in [5, 5.41) is 13.4. The van der Waals surface area contributed by atoms with Crippen LogP contribution in [0, 0.1) is 0 Å². The van der Waals surface area contributed by atoms with Crippen molar-refractivity contribution in [2.45, 2.75) is 12.7 Å². The summed E-state index contributed by atoms with van der Waals surface area (Å²) < 4.78 is 41.1. The molecule has 2 aromatic rings. The first-order chi connectivity index (χ1) is 12.2. The summed E-state index contributed by atoms with van der Waals surface area (Å²) in [6, 6.07) is 4.71. The van der Waals surface area contributed by atoms with Gasteiger partial charge in [0.25, 0.3) is 5.91 Å². The van der Waals surface area contributed by atoms with Gasteiger partial charge >= 0.3 is 12.1 Å². The maximum Gasteiger partial charge on any atom is 0.491 e.